The molecule has 0 atom stereocenters. The summed E-state index contributed by atoms with van der Waals surface area (Å²) in [6, 6.07) is 0. The van der Waals surface area contributed by atoms with Crippen LogP contribution < -0.4 is 11.1 Å². The van der Waals surface area contributed by atoms with Gasteiger partial charge in [-0.1, -0.05) is 27.7 Å². The smallest absolute Gasteiger partial charge is 0.224 e. The maximum atomic E-state index is 12.2. The van der Waals surface area contributed by atoms with Crippen LogP contribution in [-0.2, 0) is 4.79 Å². The number of amides is 1. The van der Waals surface area contributed by atoms with E-state index in [4.69, 9.17) is 5.73 Å². The summed E-state index contributed by atoms with van der Waals surface area (Å²) in [5.41, 5.74) is 5.92. The lowest BCUT2D eigenvalue weighted by atomic mass is 9.76. The molecular weight excluding hydrogens is 200 g/mol. The zero-order valence-corrected chi connectivity index (χ0v) is 10.9. The van der Waals surface area contributed by atoms with Gasteiger partial charge in [0.25, 0.3) is 0 Å². The van der Waals surface area contributed by atoms with Gasteiger partial charge < -0.3 is 11.1 Å². The summed E-state index contributed by atoms with van der Waals surface area (Å²) in [5.74, 6) is 0.351. The molecule has 2 aliphatic carbocycles. The van der Waals surface area contributed by atoms with Gasteiger partial charge in [-0.15, -0.1) is 0 Å². The molecule has 0 bridgehead atoms. The number of hydrogen-bond donors (Lipinski definition) is 2. The monoisotopic (exact) mass is 224 g/mol. The quantitative estimate of drug-likeness (QED) is 0.766. The SMILES string of the molecule is CC1(C)C(C(=O)NC2(CN)CCC2)C1(C)C. The van der Waals surface area contributed by atoms with Crippen molar-refractivity contribution in [2.45, 2.75) is 52.5 Å². The average Bonchev–Trinajstić information content (AvgIpc) is 2.50. The standard InChI is InChI=1S/C13H24N2O/c1-11(2)9(12(11,3)4)10(16)15-13(8-14)6-5-7-13/h9H,5-8,14H2,1-4H3,(H,15,16). The molecule has 16 heavy (non-hydrogen) atoms. The molecule has 3 N–H and O–H groups in total. The fourth-order valence-electron chi connectivity index (χ4n) is 3.17. The number of rotatable bonds is 3. The molecule has 0 heterocycles. The Morgan fingerprint density at radius 1 is 1.25 bits per heavy atom. The normalized spacial score (nSPS) is 29.3. The zero-order valence-electron chi connectivity index (χ0n) is 10.9. The first-order valence-corrected chi connectivity index (χ1v) is 6.29. The summed E-state index contributed by atoms with van der Waals surface area (Å²) in [7, 11) is 0. The van der Waals surface area contributed by atoms with Crippen molar-refractivity contribution in [3.8, 4) is 0 Å². The largest absolute Gasteiger partial charge is 0.349 e. The minimum absolute atomic E-state index is 0.0775. The molecule has 2 aliphatic rings. The van der Waals surface area contributed by atoms with Gasteiger partial charge >= 0.3 is 0 Å². The Bertz CT molecular complexity index is 296. The van der Waals surface area contributed by atoms with Gasteiger partial charge in [-0.3, -0.25) is 4.79 Å². The average molecular weight is 224 g/mol. The van der Waals surface area contributed by atoms with Crippen LogP contribution in [0.1, 0.15) is 47.0 Å². The second-order valence-electron chi connectivity index (χ2n) is 6.70. The molecule has 3 nitrogen and oxygen atoms in total. The second-order valence-corrected chi connectivity index (χ2v) is 6.70. The van der Waals surface area contributed by atoms with Crippen molar-refractivity contribution in [1.82, 2.24) is 5.32 Å². The lowest BCUT2D eigenvalue weighted by molar-refractivity contribution is -0.126. The van der Waals surface area contributed by atoms with Gasteiger partial charge in [0.1, 0.15) is 0 Å². The molecular formula is C13H24N2O. The van der Waals surface area contributed by atoms with Crippen LogP contribution in [0.4, 0.5) is 0 Å². The van der Waals surface area contributed by atoms with E-state index in [1.165, 1.54) is 6.42 Å². The molecule has 0 saturated heterocycles. The lowest BCUT2D eigenvalue weighted by Gasteiger charge is -2.41. The van der Waals surface area contributed by atoms with Gasteiger partial charge in [-0.2, -0.15) is 0 Å². The van der Waals surface area contributed by atoms with Crippen molar-refractivity contribution in [2.24, 2.45) is 22.5 Å². The molecule has 1 amide bonds. The van der Waals surface area contributed by atoms with E-state index in [9.17, 15) is 4.79 Å². The van der Waals surface area contributed by atoms with Gasteiger partial charge in [0.05, 0.1) is 5.54 Å². The molecule has 0 aromatic carbocycles. The van der Waals surface area contributed by atoms with Crippen molar-refractivity contribution in [2.75, 3.05) is 6.54 Å². The summed E-state index contributed by atoms with van der Waals surface area (Å²) in [6.45, 7) is 9.27. The van der Waals surface area contributed by atoms with Crippen LogP contribution in [0.25, 0.3) is 0 Å². The highest BCUT2D eigenvalue weighted by atomic mass is 16.2. The molecule has 2 saturated carbocycles. The van der Waals surface area contributed by atoms with Crippen LogP contribution in [-0.4, -0.2) is 18.0 Å². The van der Waals surface area contributed by atoms with E-state index in [0.717, 1.165) is 12.8 Å². The minimum atomic E-state index is -0.0775. The van der Waals surface area contributed by atoms with Crippen molar-refractivity contribution >= 4 is 5.91 Å². The fourth-order valence-corrected chi connectivity index (χ4v) is 3.17. The Hall–Kier alpha value is -0.570. The Balaban J connectivity index is 2.01. The number of nitrogens with one attached hydrogen (secondary N) is 1. The molecule has 0 unspecified atom stereocenters. The van der Waals surface area contributed by atoms with Crippen LogP contribution in [0.15, 0.2) is 0 Å². The first-order valence-electron chi connectivity index (χ1n) is 6.29. The molecule has 0 aromatic heterocycles. The zero-order chi connectivity index (χ0) is 12.2. The van der Waals surface area contributed by atoms with E-state index in [1.54, 1.807) is 0 Å². The van der Waals surface area contributed by atoms with Crippen LogP contribution in [0, 0.1) is 16.7 Å². The van der Waals surface area contributed by atoms with Gasteiger partial charge in [-0.05, 0) is 30.1 Å². The third kappa shape index (κ3) is 1.41. The highest BCUT2D eigenvalue weighted by Gasteiger charge is 2.68. The van der Waals surface area contributed by atoms with Crippen LogP contribution >= 0.6 is 0 Å². The topological polar surface area (TPSA) is 55.1 Å². The van der Waals surface area contributed by atoms with Gasteiger partial charge in [0.2, 0.25) is 5.91 Å². The van der Waals surface area contributed by atoms with E-state index >= 15 is 0 Å². The summed E-state index contributed by atoms with van der Waals surface area (Å²) in [5, 5.41) is 3.19. The summed E-state index contributed by atoms with van der Waals surface area (Å²) in [6.07, 6.45) is 3.28. The third-order valence-corrected chi connectivity index (χ3v) is 5.37. The molecule has 3 heteroatoms. The van der Waals surface area contributed by atoms with Crippen molar-refractivity contribution < 1.29 is 4.79 Å². The molecule has 0 aromatic rings. The number of nitrogens with two attached hydrogens (primary N) is 1. The molecule has 92 valence electrons. The van der Waals surface area contributed by atoms with E-state index in [2.05, 4.69) is 33.0 Å². The first kappa shape index (κ1) is 11.9. The van der Waals surface area contributed by atoms with Gasteiger partial charge in [0, 0.05) is 12.5 Å². The number of hydrogen-bond acceptors (Lipinski definition) is 2. The molecule has 0 spiro atoms. The number of carbonyl (C=O) groups excluding carboxylic acids is 1. The van der Waals surface area contributed by atoms with E-state index in [1.807, 2.05) is 0 Å². The van der Waals surface area contributed by atoms with Crippen molar-refractivity contribution in [3.63, 3.8) is 0 Å². The first-order chi connectivity index (χ1) is 7.27. The van der Waals surface area contributed by atoms with E-state index < -0.39 is 0 Å². The predicted molar refractivity (Wildman–Crippen MR) is 64.8 cm³/mol. The van der Waals surface area contributed by atoms with Gasteiger partial charge in [0.15, 0.2) is 0 Å². The summed E-state index contributed by atoms with van der Waals surface area (Å²) in [4.78, 5) is 12.2. The summed E-state index contributed by atoms with van der Waals surface area (Å²) < 4.78 is 0. The van der Waals surface area contributed by atoms with E-state index in [0.29, 0.717) is 6.54 Å². The molecule has 0 aliphatic heterocycles. The highest BCUT2D eigenvalue weighted by molar-refractivity contribution is 5.85. The highest BCUT2D eigenvalue weighted by Crippen LogP contribution is 2.68. The minimum Gasteiger partial charge on any atom is -0.349 e. The Morgan fingerprint density at radius 3 is 2.00 bits per heavy atom. The second kappa shape index (κ2) is 3.22. The Kier molecular flexibility index (Phi) is 2.40. The Labute approximate surface area is 98.2 Å². The molecule has 0 radical (unpaired) electrons. The van der Waals surface area contributed by atoms with Crippen LogP contribution in [0.2, 0.25) is 0 Å². The number of carbonyl (C=O) groups is 1. The van der Waals surface area contributed by atoms with Crippen LogP contribution in [0.5, 0.6) is 0 Å². The van der Waals surface area contributed by atoms with Crippen molar-refractivity contribution in [1.29, 1.82) is 0 Å². The van der Waals surface area contributed by atoms with Gasteiger partial charge in [-0.25, -0.2) is 0 Å². The maximum absolute atomic E-state index is 12.2. The lowest BCUT2D eigenvalue weighted by Crippen LogP contribution is -2.58. The van der Waals surface area contributed by atoms with E-state index in [-0.39, 0.29) is 28.2 Å². The summed E-state index contributed by atoms with van der Waals surface area (Å²) >= 11 is 0. The maximum Gasteiger partial charge on any atom is 0.224 e. The van der Waals surface area contributed by atoms with Crippen molar-refractivity contribution in [3.05, 3.63) is 0 Å². The van der Waals surface area contributed by atoms with Crippen LogP contribution in [0.3, 0.4) is 0 Å². The predicted octanol–water partition coefficient (Wildman–Crippen LogP) is 1.67. The molecule has 2 fully saturated rings. The third-order valence-electron chi connectivity index (χ3n) is 5.37. The Morgan fingerprint density at radius 2 is 1.75 bits per heavy atom. The molecule has 2 rings (SSSR count). The fraction of sp³-hybridized carbons (Fsp3) is 0.923.